The van der Waals surface area contributed by atoms with Gasteiger partial charge in [-0.15, -0.1) is 0 Å². The van der Waals surface area contributed by atoms with E-state index in [2.05, 4.69) is 17.0 Å². The molecule has 0 spiro atoms. The molecule has 2 heterocycles. The van der Waals surface area contributed by atoms with Crippen molar-refractivity contribution in [3.8, 4) is 22.8 Å². The molecule has 1 unspecified atom stereocenters. The molecule has 0 saturated heterocycles. The first-order valence-electron chi connectivity index (χ1n) is 8.93. The molecular weight excluding hydrogens is 328 g/mol. The van der Waals surface area contributed by atoms with Gasteiger partial charge in [0.05, 0.1) is 6.54 Å². The number of ether oxygens (including phenoxy) is 2. The fourth-order valence-corrected chi connectivity index (χ4v) is 3.10. The van der Waals surface area contributed by atoms with Crippen molar-refractivity contribution in [2.45, 2.75) is 19.6 Å². The summed E-state index contributed by atoms with van der Waals surface area (Å²) in [6.45, 7) is 5.04. The normalized spacial score (nSPS) is 16.0. The van der Waals surface area contributed by atoms with Crippen LogP contribution in [0.4, 0.5) is 0 Å². The van der Waals surface area contributed by atoms with Crippen LogP contribution >= 0.6 is 0 Å². The number of para-hydroxylation sites is 2. The van der Waals surface area contributed by atoms with Gasteiger partial charge in [0, 0.05) is 18.2 Å². The first kappa shape index (κ1) is 16.7. The molecule has 1 aliphatic heterocycles. The Bertz CT molecular complexity index is 847. The van der Waals surface area contributed by atoms with Crippen LogP contribution in [0.3, 0.4) is 0 Å². The minimum atomic E-state index is 0.00126. The molecule has 0 N–H and O–H groups in total. The van der Waals surface area contributed by atoms with E-state index in [1.54, 1.807) is 0 Å². The van der Waals surface area contributed by atoms with Crippen LogP contribution in [0.25, 0.3) is 11.3 Å². The van der Waals surface area contributed by atoms with Gasteiger partial charge in [-0.3, -0.25) is 4.90 Å². The van der Waals surface area contributed by atoms with Gasteiger partial charge >= 0.3 is 0 Å². The van der Waals surface area contributed by atoms with E-state index in [9.17, 15) is 0 Å². The molecule has 0 radical (unpaired) electrons. The third-order valence-electron chi connectivity index (χ3n) is 4.48. The highest BCUT2D eigenvalue weighted by Crippen LogP contribution is 2.31. The molecule has 26 heavy (non-hydrogen) atoms. The zero-order valence-corrected chi connectivity index (χ0v) is 14.8. The van der Waals surface area contributed by atoms with Gasteiger partial charge in [-0.05, 0) is 18.7 Å². The predicted octanol–water partition coefficient (Wildman–Crippen LogP) is 4.00. The van der Waals surface area contributed by atoms with Gasteiger partial charge in [0.2, 0.25) is 0 Å². The maximum Gasteiger partial charge on any atom is 0.161 e. The minimum absolute atomic E-state index is 0.00126. The highest BCUT2D eigenvalue weighted by Gasteiger charge is 2.23. The van der Waals surface area contributed by atoms with Crippen molar-refractivity contribution in [1.82, 2.24) is 10.1 Å². The summed E-state index contributed by atoms with van der Waals surface area (Å²) < 4.78 is 17.4. The van der Waals surface area contributed by atoms with Crippen LogP contribution in [0.1, 0.15) is 12.7 Å². The van der Waals surface area contributed by atoms with Gasteiger partial charge in [0.15, 0.2) is 17.3 Å². The third-order valence-corrected chi connectivity index (χ3v) is 4.48. The van der Waals surface area contributed by atoms with Gasteiger partial charge < -0.3 is 14.0 Å². The van der Waals surface area contributed by atoms with Crippen LogP contribution in [0.15, 0.2) is 65.2 Å². The van der Waals surface area contributed by atoms with E-state index in [1.165, 1.54) is 0 Å². The lowest BCUT2D eigenvalue weighted by Gasteiger charge is -2.30. The number of rotatable bonds is 6. The van der Waals surface area contributed by atoms with Crippen LogP contribution in [0.2, 0.25) is 0 Å². The first-order valence-corrected chi connectivity index (χ1v) is 8.93. The zero-order valence-electron chi connectivity index (χ0n) is 14.8. The summed E-state index contributed by atoms with van der Waals surface area (Å²) in [6, 6.07) is 19.9. The number of aromatic nitrogens is 1. The van der Waals surface area contributed by atoms with Crippen molar-refractivity contribution in [2.75, 3.05) is 19.7 Å². The average Bonchev–Trinajstić information content (AvgIpc) is 3.16. The molecule has 0 amide bonds. The number of nitrogens with zero attached hydrogens (tertiary/aromatic N) is 2. The van der Waals surface area contributed by atoms with Crippen molar-refractivity contribution in [3.63, 3.8) is 0 Å². The van der Waals surface area contributed by atoms with Crippen molar-refractivity contribution in [1.29, 1.82) is 0 Å². The van der Waals surface area contributed by atoms with Gasteiger partial charge in [-0.1, -0.05) is 54.5 Å². The number of hydrogen-bond donors (Lipinski definition) is 0. The molecule has 1 atom stereocenters. The molecule has 0 bridgehead atoms. The zero-order chi connectivity index (χ0) is 17.8. The largest absolute Gasteiger partial charge is 0.486 e. The van der Waals surface area contributed by atoms with Crippen LogP contribution in [-0.4, -0.2) is 35.9 Å². The molecule has 0 saturated carbocycles. The maximum absolute atomic E-state index is 6.06. The van der Waals surface area contributed by atoms with Gasteiger partial charge in [-0.25, -0.2) is 0 Å². The summed E-state index contributed by atoms with van der Waals surface area (Å²) in [5.74, 6) is 2.48. The highest BCUT2D eigenvalue weighted by atomic mass is 16.6. The highest BCUT2D eigenvalue weighted by molar-refractivity contribution is 5.58. The molecule has 2 aromatic carbocycles. The topological polar surface area (TPSA) is 47.7 Å². The molecule has 134 valence electrons. The number of likely N-dealkylation sites (N-methyl/N-ethyl adjacent to an activating group) is 1. The predicted molar refractivity (Wildman–Crippen MR) is 99.2 cm³/mol. The van der Waals surface area contributed by atoms with Crippen molar-refractivity contribution in [3.05, 3.63) is 66.4 Å². The van der Waals surface area contributed by atoms with Gasteiger partial charge in [0.25, 0.3) is 0 Å². The van der Waals surface area contributed by atoms with E-state index in [0.717, 1.165) is 41.6 Å². The summed E-state index contributed by atoms with van der Waals surface area (Å²) >= 11 is 0. The second-order valence-electron chi connectivity index (χ2n) is 6.37. The number of hydrogen-bond acceptors (Lipinski definition) is 5. The molecule has 1 aromatic heterocycles. The maximum atomic E-state index is 6.06. The Labute approximate surface area is 153 Å². The van der Waals surface area contributed by atoms with E-state index >= 15 is 0 Å². The standard InChI is InChI=1S/C21H22N2O3/c1-2-23(14-18-15-24-20-10-6-7-11-21(20)25-18)13-17-12-19(22-26-17)16-8-4-3-5-9-16/h3-12,18H,2,13-15H2,1H3. The molecule has 3 aromatic rings. The molecular formula is C21H22N2O3. The van der Waals surface area contributed by atoms with Gasteiger partial charge in [0.1, 0.15) is 18.4 Å². The van der Waals surface area contributed by atoms with E-state index < -0.39 is 0 Å². The van der Waals surface area contributed by atoms with Crippen LogP contribution in [0.5, 0.6) is 11.5 Å². The summed E-state index contributed by atoms with van der Waals surface area (Å²) in [7, 11) is 0. The van der Waals surface area contributed by atoms with E-state index in [0.29, 0.717) is 13.2 Å². The lowest BCUT2D eigenvalue weighted by atomic mass is 10.1. The Balaban J connectivity index is 1.39. The smallest absolute Gasteiger partial charge is 0.161 e. The summed E-state index contributed by atoms with van der Waals surface area (Å²) in [4.78, 5) is 2.28. The Morgan fingerprint density at radius 3 is 2.62 bits per heavy atom. The monoisotopic (exact) mass is 350 g/mol. The molecule has 4 rings (SSSR count). The number of fused-ring (bicyclic) bond motifs is 1. The summed E-state index contributed by atoms with van der Waals surface area (Å²) in [5.41, 5.74) is 1.92. The van der Waals surface area contributed by atoms with E-state index in [1.807, 2.05) is 60.7 Å². The second-order valence-corrected chi connectivity index (χ2v) is 6.37. The summed E-state index contributed by atoms with van der Waals surface area (Å²) in [5, 5.41) is 4.19. The molecule has 1 aliphatic rings. The lowest BCUT2D eigenvalue weighted by molar-refractivity contribution is 0.0556. The third kappa shape index (κ3) is 3.73. The molecule has 0 aliphatic carbocycles. The Kier molecular flexibility index (Phi) is 4.88. The van der Waals surface area contributed by atoms with Crippen LogP contribution in [-0.2, 0) is 6.54 Å². The van der Waals surface area contributed by atoms with Crippen LogP contribution < -0.4 is 9.47 Å². The average molecular weight is 350 g/mol. The Morgan fingerprint density at radius 2 is 1.81 bits per heavy atom. The van der Waals surface area contributed by atoms with Crippen molar-refractivity contribution in [2.24, 2.45) is 0 Å². The number of benzene rings is 2. The SMILES string of the molecule is CCN(Cc1cc(-c2ccccc2)no1)CC1COc2ccccc2O1. The minimum Gasteiger partial charge on any atom is -0.486 e. The molecule has 5 heteroatoms. The van der Waals surface area contributed by atoms with Crippen LogP contribution in [0, 0.1) is 0 Å². The Morgan fingerprint density at radius 1 is 1.04 bits per heavy atom. The first-order chi connectivity index (χ1) is 12.8. The Hall–Kier alpha value is -2.79. The van der Waals surface area contributed by atoms with E-state index in [-0.39, 0.29) is 6.10 Å². The lowest BCUT2D eigenvalue weighted by Crippen LogP contribution is -2.40. The quantitative estimate of drug-likeness (QED) is 0.672. The molecule has 0 fully saturated rings. The van der Waals surface area contributed by atoms with Crippen molar-refractivity contribution >= 4 is 0 Å². The van der Waals surface area contributed by atoms with Gasteiger partial charge in [-0.2, -0.15) is 0 Å². The fraction of sp³-hybridized carbons (Fsp3) is 0.286. The molecule has 5 nitrogen and oxygen atoms in total. The van der Waals surface area contributed by atoms with E-state index in [4.69, 9.17) is 14.0 Å². The van der Waals surface area contributed by atoms with Crippen molar-refractivity contribution < 1.29 is 14.0 Å². The second kappa shape index (κ2) is 7.62. The fourth-order valence-electron chi connectivity index (χ4n) is 3.10. The summed E-state index contributed by atoms with van der Waals surface area (Å²) in [6.07, 6.45) is 0.00126.